The highest BCUT2D eigenvalue weighted by Crippen LogP contribution is 2.29. The molecule has 1 aromatic carbocycles. The molecule has 0 unspecified atom stereocenters. The highest BCUT2D eigenvalue weighted by Gasteiger charge is 2.26. The fourth-order valence-corrected chi connectivity index (χ4v) is 3.87. The minimum absolute atomic E-state index is 0.190. The predicted molar refractivity (Wildman–Crippen MR) is 85.8 cm³/mol. The Kier molecular flexibility index (Phi) is 5.07. The number of hydrogen-bond donors (Lipinski definition) is 1. The van der Waals surface area contributed by atoms with Gasteiger partial charge in [-0.25, -0.2) is 8.42 Å². The predicted octanol–water partition coefficient (Wildman–Crippen LogP) is 2.04. The van der Waals surface area contributed by atoms with Crippen LogP contribution in [0.3, 0.4) is 0 Å². The van der Waals surface area contributed by atoms with Crippen molar-refractivity contribution in [2.45, 2.75) is 38.1 Å². The van der Waals surface area contributed by atoms with Gasteiger partial charge in [0.05, 0.1) is 10.6 Å². The third kappa shape index (κ3) is 4.53. The van der Waals surface area contributed by atoms with E-state index in [-0.39, 0.29) is 5.75 Å². The monoisotopic (exact) mass is 310 g/mol. The minimum Gasteiger partial charge on any atom is -0.326 e. The van der Waals surface area contributed by atoms with Crippen LogP contribution >= 0.6 is 0 Å². The lowest BCUT2D eigenvalue weighted by molar-refractivity contribution is 0.139. The molecule has 0 atom stereocenters. The first kappa shape index (κ1) is 16.5. The molecule has 5 heteroatoms. The Labute approximate surface area is 128 Å². The molecule has 1 aliphatic rings. The average molecular weight is 310 g/mol. The fraction of sp³-hybridized carbons (Fsp3) is 0.625. The maximum atomic E-state index is 12.3. The van der Waals surface area contributed by atoms with Crippen molar-refractivity contribution in [2.75, 3.05) is 25.4 Å². The topological polar surface area (TPSA) is 63.4 Å². The van der Waals surface area contributed by atoms with Crippen LogP contribution in [0.25, 0.3) is 0 Å². The van der Waals surface area contributed by atoms with E-state index in [1.165, 1.54) is 0 Å². The van der Waals surface area contributed by atoms with Crippen LogP contribution in [0.1, 0.15) is 32.3 Å². The number of piperidine rings is 1. The third-order valence-corrected chi connectivity index (χ3v) is 6.11. The summed E-state index contributed by atoms with van der Waals surface area (Å²) in [6.07, 6.45) is 2.27. The number of nitrogens with two attached hydrogens (primary N) is 1. The number of benzene rings is 1. The molecule has 1 aliphatic heterocycles. The van der Waals surface area contributed by atoms with Crippen molar-refractivity contribution in [3.63, 3.8) is 0 Å². The van der Waals surface area contributed by atoms with Gasteiger partial charge in [0.2, 0.25) is 0 Å². The molecule has 0 saturated carbocycles. The van der Waals surface area contributed by atoms with Crippen LogP contribution in [-0.2, 0) is 16.4 Å². The van der Waals surface area contributed by atoms with Gasteiger partial charge in [-0.1, -0.05) is 26.0 Å². The molecular formula is C16H26N2O2S. The van der Waals surface area contributed by atoms with Gasteiger partial charge in [-0.05, 0) is 49.0 Å². The zero-order valence-electron chi connectivity index (χ0n) is 13.0. The lowest BCUT2D eigenvalue weighted by atomic mass is 9.83. The number of sulfone groups is 1. The molecule has 1 heterocycles. The van der Waals surface area contributed by atoms with Gasteiger partial charge in [0, 0.05) is 13.1 Å². The molecule has 4 nitrogen and oxygen atoms in total. The van der Waals surface area contributed by atoms with E-state index in [4.69, 9.17) is 5.73 Å². The maximum Gasteiger partial charge on any atom is 0.179 e. The second kappa shape index (κ2) is 6.46. The van der Waals surface area contributed by atoms with E-state index in [2.05, 4.69) is 18.7 Å². The Morgan fingerprint density at radius 1 is 1.14 bits per heavy atom. The second-order valence-electron chi connectivity index (χ2n) is 6.67. The summed E-state index contributed by atoms with van der Waals surface area (Å²) in [5, 5.41) is 0. The highest BCUT2D eigenvalue weighted by atomic mass is 32.2. The quantitative estimate of drug-likeness (QED) is 0.904. The lowest BCUT2D eigenvalue weighted by Gasteiger charge is -2.36. The molecule has 2 N–H and O–H groups in total. The van der Waals surface area contributed by atoms with Crippen molar-refractivity contribution in [2.24, 2.45) is 11.1 Å². The molecule has 0 spiro atoms. The van der Waals surface area contributed by atoms with Crippen molar-refractivity contribution in [1.82, 2.24) is 4.90 Å². The summed E-state index contributed by atoms with van der Waals surface area (Å²) >= 11 is 0. The van der Waals surface area contributed by atoms with E-state index < -0.39 is 9.84 Å². The molecular weight excluding hydrogens is 284 g/mol. The van der Waals surface area contributed by atoms with E-state index in [0.717, 1.165) is 31.5 Å². The van der Waals surface area contributed by atoms with Gasteiger partial charge in [-0.3, -0.25) is 0 Å². The number of nitrogens with zero attached hydrogens (tertiary/aromatic N) is 1. The lowest BCUT2D eigenvalue weighted by Crippen LogP contribution is -2.39. The van der Waals surface area contributed by atoms with Gasteiger partial charge in [0.1, 0.15) is 0 Å². The summed E-state index contributed by atoms with van der Waals surface area (Å²) in [4.78, 5) is 2.66. The summed E-state index contributed by atoms with van der Waals surface area (Å²) in [5.41, 5.74) is 6.88. The third-order valence-electron chi connectivity index (χ3n) is 4.40. The molecule has 0 bridgehead atoms. The number of rotatable bonds is 5. The highest BCUT2D eigenvalue weighted by molar-refractivity contribution is 7.91. The van der Waals surface area contributed by atoms with Crippen molar-refractivity contribution in [1.29, 1.82) is 0 Å². The second-order valence-corrected chi connectivity index (χ2v) is 8.78. The Bertz CT molecular complexity index is 554. The zero-order chi connectivity index (χ0) is 15.5. The van der Waals surface area contributed by atoms with Crippen LogP contribution in [0.2, 0.25) is 0 Å². The fourth-order valence-electron chi connectivity index (χ4n) is 2.58. The maximum absolute atomic E-state index is 12.3. The van der Waals surface area contributed by atoms with Gasteiger partial charge in [-0.15, -0.1) is 0 Å². The molecule has 118 valence electrons. The smallest absolute Gasteiger partial charge is 0.179 e. The van der Waals surface area contributed by atoms with Crippen LogP contribution in [0, 0.1) is 5.41 Å². The van der Waals surface area contributed by atoms with Crippen molar-refractivity contribution < 1.29 is 8.42 Å². The van der Waals surface area contributed by atoms with Gasteiger partial charge in [-0.2, -0.15) is 0 Å². The van der Waals surface area contributed by atoms with Crippen LogP contribution in [0.4, 0.5) is 0 Å². The molecule has 0 radical (unpaired) electrons. The first-order valence-corrected chi connectivity index (χ1v) is 9.22. The average Bonchev–Trinajstić information content (AvgIpc) is 2.46. The largest absolute Gasteiger partial charge is 0.326 e. The van der Waals surface area contributed by atoms with Gasteiger partial charge in [0.15, 0.2) is 9.84 Å². The van der Waals surface area contributed by atoms with Crippen molar-refractivity contribution in [3.8, 4) is 0 Å². The van der Waals surface area contributed by atoms with E-state index in [1.54, 1.807) is 24.3 Å². The molecule has 0 amide bonds. The van der Waals surface area contributed by atoms with Crippen molar-refractivity contribution >= 4 is 9.84 Å². The van der Waals surface area contributed by atoms with E-state index in [0.29, 0.717) is 23.4 Å². The van der Waals surface area contributed by atoms with Crippen LogP contribution in [0.15, 0.2) is 29.2 Å². The molecule has 0 aliphatic carbocycles. The van der Waals surface area contributed by atoms with Crippen LogP contribution in [-0.4, -0.2) is 38.7 Å². The molecule has 0 aromatic heterocycles. The Morgan fingerprint density at radius 3 is 2.24 bits per heavy atom. The van der Waals surface area contributed by atoms with E-state index in [9.17, 15) is 8.42 Å². The van der Waals surface area contributed by atoms with Gasteiger partial charge >= 0.3 is 0 Å². The van der Waals surface area contributed by atoms with Gasteiger partial charge in [0.25, 0.3) is 0 Å². The summed E-state index contributed by atoms with van der Waals surface area (Å²) in [7, 11) is -3.20. The summed E-state index contributed by atoms with van der Waals surface area (Å²) in [6, 6.07) is 6.90. The van der Waals surface area contributed by atoms with Crippen LogP contribution < -0.4 is 5.73 Å². The first-order chi connectivity index (χ1) is 9.82. The number of likely N-dealkylation sites (tertiary alicyclic amines) is 1. The summed E-state index contributed by atoms with van der Waals surface area (Å²) in [6.45, 7) is 7.60. The van der Waals surface area contributed by atoms with Crippen LogP contribution in [0.5, 0.6) is 0 Å². The van der Waals surface area contributed by atoms with Gasteiger partial charge < -0.3 is 10.6 Å². The van der Waals surface area contributed by atoms with E-state index >= 15 is 0 Å². The Hall–Kier alpha value is -0.910. The standard InChI is InChI=1S/C16H26N2O2S/c1-16(2)7-9-18(10-8-16)11-12-21(19,20)15-5-3-14(13-17)4-6-15/h3-6H,7-13,17H2,1-2H3. The van der Waals surface area contributed by atoms with E-state index in [1.807, 2.05) is 0 Å². The molecule has 21 heavy (non-hydrogen) atoms. The normalized spacial score (nSPS) is 19.6. The summed E-state index contributed by atoms with van der Waals surface area (Å²) in [5.74, 6) is 0.190. The summed E-state index contributed by atoms with van der Waals surface area (Å²) < 4.78 is 24.7. The number of hydrogen-bond acceptors (Lipinski definition) is 4. The Balaban J connectivity index is 1.92. The molecule has 1 saturated heterocycles. The molecule has 1 aromatic rings. The SMILES string of the molecule is CC1(C)CCN(CCS(=O)(=O)c2ccc(CN)cc2)CC1. The first-order valence-electron chi connectivity index (χ1n) is 7.57. The van der Waals surface area contributed by atoms with Crippen molar-refractivity contribution in [3.05, 3.63) is 29.8 Å². The molecule has 2 rings (SSSR count). The molecule has 1 fully saturated rings. The Morgan fingerprint density at radius 2 is 1.71 bits per heavy atom. The minimum atomic E-state index is -3.20. The zero-order valence-corrected chi connectivity index (χ0v) is 13.8.